The first kappa shape index (κ1) is 10.4. The first-order valence-corrected chi connectivity index (χ1v) is 5.69. The molecule has 1 heterocycles. The van der Waals surface area contributed by atoms with Gasteiger partial charge in [-0.1, -0.05) is 11.6 Å². The van der Waals surface area contributed by atoms with E-state index in [-0.39, 0.29) is 6.04 Å². The van der Waals surface area contributed by atoms with Crippen molar-refractivity contribution in [2.75, 3.05) is 0 Å². The molecule has 0 saturated heterocycles. The molecule has 0 aliphatic heterocycles. The highest BCUT2D eigenvalue weighted by Crippen LogP contribution is 2.25. The summed E-state index contributed by atoms with van der Waals surface area (Å²) in [7, 11) is 1.95. The molecule has 0 saturated carbocycles. The molecule has 1 aliphatic carbocycles. The summed E-state index contributed by atoms with van der Waals surface area (Å²) < 4.78 is 1.87. The number of nitrogens with two attached hydrogens (primary N) is 1. The Morgan fingerprint density at radius 1 is 1.53 bits per heavy atom. The van der Waals surface area contributed by atoms with Crippen LogP contribution in [0.15, 0.2) is 23.9 Å². The highest BCUT2D eigenvalue weighted by molar-refractivity contribution is 5.13. The second kappa shape index (κ2) is 4.62. The van der Waals surface area contributed by atoms with Gasteiger partial charge in [0.15, 0.2) is 0 Å². The maximum atomic E-state index is 6.17. The van der Waals surface area contributed by atoms with Gasteiger partial charge in [0.05, 0.1) is 11.7 Å². The maximum absolute atomic E-state index is 6.17. The van der Waals surface area contributed by atoms with Crippen LogP contribution < -0.4 is 5.73 Å². The molecule has 0 spiro atoms. The molecule has 3 nitrogen and oxygen atoms in total. The second-order valence-electron chi connectivity index (χ2n) is 4.30. The number of aromatic nitrogens is 2. The molecule has 82 valence electrons. The lowest BCUT2D eigenvalue weighted by Crippen LogP contribution is -2.15. The Labute approximate surface area is 91.0 Å². The van der Waals surface area contributed by atoms with Crippen LogP contribution >= 0.6 is 0 Å². The first-order chi connectivity index (χ1) is 7.27. The molecule has 3 heteroatoms. The molecular formula is C12H19N3. The van der Waals surface area contributed by atoms with E-state index < -0.39 is 0 Å². The average Bonchev–Trinajstić information content (AvgIpc) is 2.66. The van der Waals surface area contributed by atoms with Crippen LogP contribution in [0.5, 0.6) is 0 Å². The van der Waals surface area contributed by atoms with Crippen molar-refractivity contribution in [2.24, 2.45) is 12.8 Å². The van der Waals surface area contributed by atoms with E-state index >= 15 is 0 Å². The normalized spacial score (nSPS) is 18.7. The monoisotopic (exact) mass is 205 g/mol. The molecule has 2 rings (SSSR count). The predicted octanol–water partition coefficient (Wildman–Crippen LogP) is 2.31. The van der Waals surface area contributed by atoms with E-state index in [0.717, 1.165) is 12.1 Å². The molecule has 2 N–H and O–H groups in total. The molecule has 0 fully saturated rings. The van der Waals surface area contributed by atoms with Crippen LogP contribution in [0.25, 0.3) is 0 Å². The van der Waals surface area contributed by atoms with E-state index in [2.05, 4.69) is 11.2 Å². The third-order valence-electron chi connectivity index (χ3n) is 3.11. The van der Waals surface area contributed by atoms with Crippen LogP contribution in [-0.4, -0.2) is 9.78 Å². The van der Waals surface area contributed by atoms with Gasteiger partial charge in [-0.25, -0.2) is 0 Å². The molecule has 0 radical (unpaired) electrons. The van der Waals surface area contributed by atoms with Crippen LogP contribution in [0.4, 0.5) is 0 Å². The van der Waals surface area contributed by atoms with Gasteiger partial charge >= 0.3 is 0 Å². The van der Waals surface area contributed by atoms with Gasteiger partial charge < -0.3 is 5.73 Å². The zero-order chi connectivity index (χ0) is 10.7. The number of allylic oxidation sites excluding steroid dienone is 1. The smallest absolute Gasteiger partial charge is 0.0551 e. The number of hydrogen-bond donors (Lipinski definition) is 1. The standard InChI is InChI=1S/C12H19N3/c1-15-12(7-8-14-15)11(13)9-10-5-3-2-4-6-10/h5,7-8,11H,2-4,6,9,13H2,1H3. The van der Waals surface area contributed by atoms with Gasteiger partial charge in [0.2, 0.25) is 0 Å². The summed E-state index contributed by atoms with van der Waals surface area (Å²) in [4.78, 5) is 0. The van der Waals surface area contributed by atoms with Crippen molar-refractivity contribution >= 4 is 0 Å². The molecule has 1 aliphatic rings. The van der Waals surface area contributed by atoms with E-state index in [9.17, 15) is 0 Å². The fourth-order valence-corrected chi connectivity index (χ4v) is 2.22. The van der Waals surface area contributed by atoms with Crippen molar-refractivity contribution in [3.05, 3.63) is 29.6 Å². The highest BCUT2D eigenvalue weighted by atomic mass is 15.3. The predicted molar refractivity (Wildman–Crippen MR) is 61.3 cm³/mol. The Hall–Kier alpha value is -1.09. The van der Waals surface area contributed by atoms with E-state index in [1.165, 1.54) is 31.3 Å². The first-order valence-electron chi connectivity index (χ1n) is 5.69. The second-order valence-corrected chi connectivity index (χ2v) is 4.30. The lowest BCUT2D eigenvalue weighted by Gasteiger charge is -2.17. The molecular weight excluding hydrogens is 186 g/mol. The van der Waals surface area contributed by atoms with Crippen molar-refractivity contribution in [2.45, 2.75) is 38.1 Å². The van der Waals surface area contributed by atoms with Crippen molar-refractivity contribution < 1.29 is 0 Å². The van der Waals surface area contributed by atoms with Gasteiger partial charge in [0.1, 0.15) is 0 Å². The average molecular weight is 205 g/mol. The number of aryl methyl sites for hydroxylation is 1. The fraction of sp³-hybridized carbons (Fsp3) is 0.583. The fourth-order valence-electron chi connectivity index (χ4n) is 2.22. The van der Waals surface area contributed by atoms with Gasteiger partial charge in [0.25, 0.3) is 0 Å². The molecule has 1 aromatic heterocycles. The van der Waals surface area contributed by atoms with E-state index in [1.807, 2.05) is 24.0 Å². The van der Waals surface area contributed by atoms with Crippen LogP contribution in [0.2, 0.25) is 0 Å². The molecule has 1 aromatic rings. The minimum atomic E-state index is 0.0989. The van der Waals surface area contributed by atoms with Gasteiger partial charge in [0, 0.05) is 13.2 Å². The van der Waals surface area contributed by atoms with Crippen molar-refractivity contribution in [3.8, 4) is 0 Å². The van der Waals surface area contributed by atoms with E-state index in [1.54, 1.807) is 0 Å². The van der Waals surface area contributed by atoms with Gasteiger partial charge in [-0.15, -0.1) is 0 Å². The number of hydrogen-bond acceptors (Lipinski definition) is 2. The summed E-state index contributed by atoms with van der Waals surface area (Å²) in [5.74, 6) is 0. The van der Waals surface area contributed by atoms with Gasteiger partial charge in [-0.3, -0.25) is 4.68 Å². The quantitative estimate of drug-likeness (QED) is 0.769. The molecule has 1 atom stereocenters. The van der Waals surface area contributed by atoms with Gasteiger partial charge in [-0.05, 0) is 38.2 Å². The largest absolute Gasteiger partial charge is 0.322 e. The van der Waals surface area contributed by atoms with E-state index in [0.29, 0.717) is 0 Å². The zero-order valence-corrected chi connectivity index (χ0v) is 9.32. The zero-order valence-electron chi connectivity index (χ0n) is 9.32. The molecule has 15 heavy (non-hydrogen) atoms. The van der Waals surface area contributed by atoms with Crippen LogP contribution in [0.1, 0.15) is 43.8 Å². The maximum Gasteiger partial charge on any atom is 0.0551 e. The van der Waals surface area contributed by atoms with Crippen LogP contribution in [0.3, 0.4) is 0 Å². The Kier molecular flexibility index (Phi) is 3.21. The van der Waals surface area contributed by atoms with Crippen LogP contribution in [0, 0.1) is 0 Å². The molecule has 0 aromatic carbocycles. The topological polar surface area (TPSA) is 43.8 Å². The minimum absolute atomic E-state index is 0.0989. The lowest BCUT2D eigenvalue weighted by atomic mass is 9.93. The third kappa shape index (κ3) is 2.48. The summed E-state index contributed by atoms with van der Waals surface area (Å²) in [6.07, 6.45) is 10.3. The minimum Gasteiger partial charge on any atom is -0.322 e. The Morgan fingerprint density at radius 3 is 3.00 bits per heavy atom. The summed E-state index contributed by atoms with van der Waals surface area (Å²) in [6.45, 7) is 0. The molecule has 0 amide bonds. The lowest BCUT2D eigenvalue weighted by molar-refractivity contribution is 0.585. The van der Waals surface area contributed by atoms with Gasteiger partial charge in [-0.2, -0.15) is 5.10 Å². The van der Waals surface area contributed by atoms with Crippen molar-refractivity contribution in [1.82, 2.24) is 9.78 Å². The summed E-state index contributed by atoms with van der Waals surface area (Å²) in [5.41, 5.74) is 8.82. The Morgan fingerprint density at radius 2 is 2.40 bits per heavy atom. The Balaban J connectivity index is 2.00. The molecule has 0 bridgehead atoms. The highest BCUT2D eigenvalue weighted by Gasteiger charge is 2.13. The molecule has 1 unspecified atom stereocenters. The Bertz CT molecular complexity index is 352. The van der Waals surface area contributed by atoms with Crippen molar-refractivity contribution in [1.29, 1.82) is 0 Å². The van der Waals surface area contributed by atoms with Crippen LogP contribution in [-0.2, 0) is 7.05 Å². The van der Waals surface area contributed by atoms with Crippen molar-refractivity contribution in [3.63, 3.8) is 0 Å². The SMILES string of the molecule is Cn1nccc1C(N)CC1=CCCCC1. The number of nitrogens with zero attached hydrogens (tertiary/aromatic N) is 2. The summed E-state index contributed by atoms with van der Waals surface area (Å²) in [6, 6.07) is 2.11. The summed E-state index contributed by atoms with van der Waals surface area (Å²) >= 11 is 0. The van der Waals surface area contributed by atoms with E-state index in [4.69, 9.17) is 5.73 Å². The summed E-state index contributed by atoms with van der Waals surface area (Å²) in [5, 5.41) is 4.15. The number of rotatable bonds is 3. The third-order valence-corrected chi connectivity index (χ3v) is 3.11.